The van der Waals surface area contributed by atoms with Gasteiger partial charge in [-0.05, 0) is 6.42 Å². The van der Waals surface area contributed by atoms with Gasteiger partial charge in [-0.15, -0.1) is 0 Å². The van der Waals surface area contributed by atoms with Gasteiger partial charge < -0.3 is 15.7 Å². The zero-order chi connectivity index (χ0) is 11.9. The van der Waals surface area contributed by atoms with Crippen molar-refractivity contribution in [2.75, 3.05) is 13.1 Å². The van der Waals surface area contributed by atoms with E-state index in [9.17, 15) is 22.8 Å². The molecule has 0 aromatic rings. The number of urea groups is 1. The molecule has 88 valence electrons. The molecule has 2 amide bonds. The van der Waals surface area contributed by atoms with Crippen LogP contribution in [0.4, 0.5) is 18.0 Å². The summed E-state index contributed by atoms with van der Waals surface area (Å²) in [7, 11) is 0. The minimum absolute atomic E-state index is 0.148. The van der Waals surface area contributed by atoms with E-state index in [-0.39, 0.29) is 13.0 Å². The van der Waals surface area contributed by atoms with Crippen molar-refractivity contribution in [1.82, 2.24) is 10.6 Å². The van der Waals surface area contributed by atoms with Crippen molar-refractivity contribution < 1.29 is 27.9 Å². The Morgan fingerprint density at radius 1 is 1.20 bits per heavy atom. The quantitative estimate of drug-likeness (QED) is 0.606. The molecule has 0 bridgehead atoms. The molecule has 5 nitrogen and oxygen atoms in total. The molecule has 3 N–H and O–H groups in total. The van der Waals surface area contributed by atoms with Gasteiger partial charge in [-0.25, -0.2) is 4.79 Å². The first-order chi connectivity index (χ1) is 6.81. The first kappa shape index (κ1) is 13.5. The fourth-order valence-corrected chi connectivity index (χ4v) is 0.709. The van der Waals surface area contributed by atoms with E-state index >= 15 is 0 Å². The molecular weight excluding hydrogens is 217 g/mol. The Kier molecular flexibility index (Phi) is 5.50. The summed E-state index contributed by atoms with van der Waals surface area (Å²) >= 11 is 0. The Hall–Kier alpha value is -1.47. The number of carbonyl (C=O) groups excluding carboxylic acids is 1. The molecule has 0 aromatic carbocycles. The number of carboxylic acids is 1. The largest absolute Gasteiger partial charge is 0.480 e. The Labute approximate surface area is 83.6 Å². The monoisotopic (exact) mass is 228 g/mol. The zero-order valence-corrected chi connectivity index (χ0v) is 7.73. The fraction of sp³-hybridized carbons (Fsp3) is 0.714. The molecule has 0 unspecified atom stereocenters. The molecule has 0 rings (SSSR count). The number of hydrogen-bond donors (Lipinski definition) is 3. The van der Waals surface area contributed by atoms with E-state index in [4.69, 9.17) is 5.11 Å². The average molecular weight is 228 g/mol. The van der Waals surface area contributed by atoms with Crippen molar-refractivity contribution in [3.63, 3.8) is 0 Å². The summed E-state index contributed by atoms with van der Waals surface area (Å²) in [5.74, 6) is -1.22. The van der Waals surface area contributed by atoms with Gasteiger partial charge in [0.15, 0.2) is 0 Å². The van der Waals surface area contributed by atoms with Gasteiger partial charge in [0.05, 0.1) is 0 Å². The molecule has 0 radical (unpaired) electrons. The third-order valence-corrected chi connectivity index (χ3v) is 1.32. The molecule has 0 atom stereocenters. The van der Waals surface area contributed by atoms with E-state index in [0.29, 0.717) is 0 Å². The van der Waals surface area contributed by atoms with E-state index < -0.39 is 31.1 Å². The Morgan fingerprint density at radius 2 is 1.80 bits per heavy atom. The molecule has 0 aliphatic rings. The lowest BCUT2D eigenvalue weighted by atomic mass is 10.3. The Morgan fingerprint density at radius 3 is 2.27 bits per heavy atom. The summed E-state index contributed by atoms with van der Waals surface area (Å²) in [5.41, 5.74) is 0. The molecule has 0 aliphatic carbocycles. The highest BCUT2D eigenvalue weighted by Crippen LogP contribution is 2.20. The van der Waals surface area contributed by atoms with Crippen molar-refractivity contribution >= 4 is 12.0 Å². The lowest BCUT2D eigenvalue weighted by molar-refractivity contribution is -0.136. The Bertz CT molecular complexity index is 230. The molecule has 0 aromatic heterocycles. The highest BCUT2D eigenvalue weighted by molar-refractivity contribution is 5.79. The molecule has 0 aliphatic heterocycles. The molecule has 0 saturated heterocycles. The summed E-state index contributed by atoms with van der Waals surface area (Å²) in [6, 6.07) is -0.792. The molecule has 15 heavy (non-hydrogen) atoms. The van der Waals surface area contributed by atoms with E-state index in [0.717, 1.165) is 0 Å². The summed E-state index contributed by atoms with van der Waals surface area (Å²) in [6.45, 7) is -0.712. The maximum absolute atomic E-state index is 11.6. The van der Waals surface area contributed by atoms with Crippen LogP contribution < -0.4 is 10.6 Å². The standard InChI is InChI=1S/C7H11F3N2O3/c8-7(9,10)2-1-3-11-6(15)12-4-5(13)14/h1-4H2,(H,13,14)(H2,11,12,15). The average Bonchev–Trinajstić information content (AvgIpc) is 2.07. The first-order valence-electron chi connectivity index (χ1n) is 4.11. The van der Waals surface area contributed by atoms with Crippen LogP contribution in [0.15, 0.2) is 0 Å². The number of nitrogens with one attached hydrogen (secondary N) is 2. The van der Waals surface area contributed by atoms with Crippen LogP contribution in [0.3, 0.4) is 0 Å². The maximum atomic E-state index is 11.6. The summed E-state index contributed by atoms with van der Waals surface area (Å²) in [4.78, 5) is 20.7. The highest BCUT2D eigenvalue weighted by atomic mass is 19.4. The topological polar surface area (TPSA) is 78.4 Å². The highest BCUT2D eigenvalue weighted by Gasteiger charge is 2.25. The van der Waals surface area contributed by atoms with Crippen LogP contribution >= 0.6 is 0 Å². The van der Waals surface area contributed by atoms with Gasteiger partial charge in [-0.3, -0.25) is 4.79 Å². The molecule has 0 saturated carbocycles. The van der Waals surface area contributed by atoms with Crippen molar-refractivity contribution in [3.05, 3.63) is 0 Å². The summed E-state index contributed by atoms with van der Waals surface area (Å²) < 4.78 is 34.9. The number of amides is 2. The van der Waals surface area contributed by atoms with Crippen LogP contribution in [0.25, 0.3) is 0 Å². The van der Waals surface area contributed by atoms with Crippen LogP contribution in [0, 0.1) is 0 Å². The third kappa shape index (κ3) is 10.5. The maximum Gasteiger partial charge on any atom is 0.389 e. The number of hydrogen-bond acceptors (Lipinski definition) is 2. The van der Waals surface area contributed by atoms with E-state index in [2.05, 4.69) is 5.32 Å². The van der Waals surface area contributed by atoms with Gasteiger partial charge in [0.1, 0.15) is 6.54 Å². The van der Waals surface area contributed by atoms with Crippen LogP contribution in [-0.2, 0) is 4.79 Å². The first-order valence-corrected chi connectivity index (χ1v) is 4.11. The number of alkyl halides is 3. The molecule has 0 fully saturated rings. The third-order valence-electron chi connectivity index (χ3n) is 1.32. The second kappa shape index (κ2) is 6.10. The molecular formula is C7H11F3N2O3. The predicted molar refractivity (Wildman–Crippen MR) is 44.3 cm³/mol. The van der Waals surface area contributed by atoms with Gasteiger partial charge in [0, 0.05) is 13.0 Å². The van der Waals surface area contributed by atoms with E-state index in [1.807, 2.05) is 5.32 Å². The van der Waals surface area contributed by atoms with Gasteiger partial charge in [0.25, 0.3) is 0 Å². The zero-order valence-electron chi connectivity index (χ0n) is 7.73. The Balaban J connectivity index is 3.44. The van der Waals surface area contributed by atoms with Crippen LogP contribution in [0.1, 0.15) is 12.8 Å². The second-order valence-electron chi connectivity index (χ2n) is 2.72. The minimum atomic E-state index is -4.24. The van der Waals surface area contributed by atoms with Crippen LogP contribution in [-0.4, -0.2) is 36.4 Å². The van der Waals surface area contributed by atoms with Crippen LogP contribution in [0.2, 0.25) is 0 Å². The SMILES string of the molecule is O=C(O)CNC(=O)NCCCC(F)(F)F. The van der Waals surface area contributed by atoms with Gasteiger partial charge in [-0.1, -0.05) is 0 Å². The minimum Gasteiger partial charge on any atom is -0.480 e. The smallest absolute Gasteiger partial charge is 0.389 e. The van der Waals surface area contributed by atoms with Gasteiger partial charge in [0.2, 0.25) is 0 Å². The summed E-state index contributed by atoms with van der Waals surface area (Å²) in [5, 5.41) is 12.2. The normalized spacial score (nSPS) is 10.9. The number of halogens is 3. The number of carbonyl (C=O) groups is 2. The van der Waals surface area contributed by atoms with E-state index in [1.54, 1.807) is 0 Å². The van der Waals surface area contributed by atoms with E-state index in [1.165, 1.54) is 0 Å². The fourth-order valence-electron chi connectivity index (χ4n) is 0.709. The van der Waals surface area contributed by atoms with Crippen molar-refractivity contribution in [1.29, 1.82) is 0 Å². The molecule has 8 heteroatoms. The number of carboxylic acid groups (broad SMARTS) is 1. The lowest BCUT2D eigenvalue weighted by Gasteiger charge is -2.07. The predicted octanol–water partition coefficient (Wildman–Crippen LogP) is 0.713. The second-order valence-corrected chi connectivity index (χ2v) is 2.72. The van der Waals surface area contributed by atoms with Crippen molar-refractivity contribution in [2.45, 2.75) is 19.0 Å². The number of aliphatic carboxylic acids is 1. The number of rotatable bonds is 5. The summed E-state index contributed by atoms with van der Waals surface area (Å²) in [6.07, 6.45) is -5.45. The van der Waals surface area contributed by atoms with Crippen molar-refractivity contribution in [2.24, 2.45) is 0 Å². The van der Waals surface area contributed by atoms with Crippen LogP contribution in [0.5, 0.6) is 0 Å². The lowest BCUT2D eigenvalue weighted by Crippen LogP contribution is -2.39. The molecule has 0 heterocycles. The van der Waals surface area contributed by atoms with Crippen molar-refractivity contribution in [3.8, 4) is 0 Å². The van der Waals surface area contributed by atoms with Gasteiger partial charge in [-0.2, -0.15) is 13.2 Å². The van der Waals surface area contributed by atoms with Gasteiger partial charge >= 0.3 is 18.2 Å². The molecule has 0 spiro atoms.